The highest BCUT2D eigenvalue weighted by atomic mass is 32.1. The van der Waals surface area contributed by atoms with Gasteiger partial charge in [-0.1, -0.05) is 39.3 Å². The SMILES string of the molecule is C=C(C#N)C(=O)CC[C@@H](NC(=O)[C@@H](CC(C)=O)Cc1nc2ccc(C(C)C)cc2s1)C1CCCC1. The zero-order valence-electron chi connectivity index (χ0n) is 20.9. The maximum Gasteiger partial charge on any atom is 0.224 e. The molecule has 1 amide bonds. The van der Waals surface area contributed by atoms with Gasteiger partial charge in [-0.05, 0) is 55.7 Å². The number of nitrogens with one attached hydrogen (secondary N) is 1. The quantitative estimate of drug-likeness (QED) is 0.304. The molecule has 0 bridgehead atoms. The Morgan fingerprint density at radius 3 is 2.60 bits per heavy atom. The summed E-state index contributed by atoms with van der Waals surface area (Å²) in [5.74, 6) is -0.258. The van der Waals surface area contributed by atoms with E-state index in [2.05, 4.69) is 37.9 Å². The largest absolute Gasteiger partial charge is 0.353 e. The van der Waals surface area contributed by atoms with Crippen molar-refractivity contribution in [2.45, 2.75) is 84.1 Å². The Morgan fingerprint density at radius 1 is 1.26 bits per heavy atom. The first-order chi connectivity index (χ1) is 16.7. The second kappa shape index (κ2) is 12.2. The number of carbonyl (C=O) groups excluding carboxylic acids is 3. The van der Waals surface area contributed by atoms with Gasteiger partial charge in [-0.2, -0.15) is 5.26 Å². The molecule has 1 aromatic heterocycles. The molecule has 35 heavy (non-hydrogen) atoms. The van der Waals surface area contributed by atoms with Crippen molar-refractivity contribution in [2.24, 2.45) is 11.8 Å². The van der Waals surface area contributed by atoms with Gasteiger partial charge in [-0.3, -0.25) is 9.59 Å². The van der Waals surface area contributed by atoms with Gasteiger partial charge in [0, 0.05) is 25.3 Å². The molecule has 1 fully saturated rings. The van der Waals surface area contributed by atoms with Crippen molar-refractivity contribution in [1.82, 2.24) is 10.3 Å². The molecule has 2 aromatic rings. The number of amides is 1. The molecule has 1 N–H and O–H groups in total. The van der Waals surface area contributed by atoms with Crippen molar-refractivity contribution >= 4 is 39.0 Å². The van der Waals surface area contributed by atoms with Crippen LogP contribution in [-0.2, 0) is 20.8 Å². The Bertz CT molecular complexity index is 1140. The minimum atomic E-state index is -0.508. The molecule has 0 unspecified atom stereocenters. The van der Waals surface area contributed by atoms with Gasteiger partial charge in [0.05, 0.1) is 26.7 Å². The van der Waals surface area contributed by atoms with Gasteiger partial charge in [-0.15, -0.1) is 11.3 Å². The number of hydrogen-bond acceptors (Lipinski definition) is 6. The minimum Gasteiger partial charge on any atom is -0.353 e. The van der Waals surface area contributed by atoms with Crippen LogP contribution in [0.4, 0.5) is 0 Å². The third-order valence-corrected chi connectivity index (χ3v) is 7.94. The lowest BCUT2D eigenvalue weighted by molar-refractivity contribution is -0.129. The third kappa shape index (κ3) is 7.32. The van der Waals surface area contributed by atoms with Crippen molar-refractivity contribution in [1.29, 1.82) is 5.26 Å². The van der Waals surface area contributed by atoms with Gasteiger partial charge in [-0.25, -0.2) is 4.98 Å². The van der Waals surface area contributed by atoms with Gasteiger partial charge < -0.3 is 10.1 Å². The minimum absolute atomic E-state index is 0.0359. The van der Waals surface area contributed by atoms with E-state index in [4.69, 9.17) is 10.2 Å². The first-order valence-electron chi connectivity index (χ1n) is 12.5. The highest BCUT2D eigenvalue weighted by Crippen LogP contribution is 2.31. The fourth-order valence-corrected chi connectivity index (χ4v) is 5.93. The lowest BCUT2D eigenvalue weighted by Gasteiger charge is -2.27. The van der Waals surface area contributed by atoms with E-state index in [0.717, 1.165) is 40.9 Å². The predicted molar refractivity (Wildman–Crippen MR) is 139 cm³/mol. The Balaban J connectivity index is 1.75. The average molecular weight is 494 g/mol. The molecule has 1 aliphatic carbocycles. The second-order valence-corrected chi connectivity index (χ2v) is 11.1. The van der Waals surface area contributed by atoms with Crippen LogP contribution in [0.1, 0.15) is 82.2 Å². The first-order valence-corrected chi connectivity index (χ1v) is 13.3. The third-order valence-electron chi connectivity index (χ3n) is 6.90. The van der Waals surface area contributed by atoms with E-state index < -0.39 is 5.92 Å². The van der Waals surface area contributed by atoms with E-state index in [1.54, 1.807) is 11.3 Å². The maximum absolute atomic E-state index is 13.4. The fraction of sp³-hybridized carbons (Fsp3) is 0.536. The molecule has 186 valence electrons. The van der Waals surface area contributed by atoms with Crippen LogP contribution in [0.15, 0.2) is 30.4 Å². The number of nitrogens with zero attached hydrogens (tertiary/aromatic N) is 2. The molecule has 6 nitrogen and oxygen atoms in total. The van der Waals surface area contributed by atoms with Crippen LogP contribution in [0.3, 0.4) is 0 Å². The van der Waals surface area contributed by atoms with E-state index in [-0.39, 0.29) is 41.9 Å². The molecule has 0 aliphatic heterocycles. The highest BCUT2D eigenvalue weighted by molar-refractivity contribution is 7.18. The number of thiazole rings is 1. The monoisotopic (exact) mass is 493 g/mol. The lowest BCUT2D eigenvalue weighted by Crippen LogP contribution is -2.43. The summed E-state index contributed by atoms with van der Waals surface area (Å²) in [6.07, 6.45) is 5.44. The van der Waals surface area contributed by atoms with Crippen molar-refractivity contribution in [3.63, 3.8) is 0 Å². The van der Waals surface area contributed by atoms with Gasteiger partial charge in [0.25, 0.3) is 0 Å². The van der Waals surface area contributed by atoms with Gasteiger partial charge in [0.1, 0.15) is 11.9 Å². The Hall–Kier alpha value is -2.85. The zero-order valence-corrected chi connectivity index (χ0v) is 21.7. The number of ketones is 2. The zero-order chi connectivity index (χ0) is 25.5. The molecule has 7 heteroatoms. The van der Waals surface area contributed by atoms with Crippen LogP contribution < -0.4 is 5.32 Å². The summed E-state index contributed by atoms with van der Waals surface area (Å²) in [6.45, 7) is 9.32. The number of carbonyl (C=O) groups is 3. The number of hydrogen-bond donors (Lipinski definition) is 1. The number of Topliss-reactive ketones (excluding diaryl/α,β-unsaturated/α-hetero) is 2. The summed E-state index contributed by atoms with van der Waals surface area (Å²) in [7, 11) is 0. The molecule has 2 atom stereocenters. The number of nitriles is 1. The van der Waals surface area contributed by atoms with Crippen LogP contribution in [-0.4, -0.2) is 28.5 Å². The smallest absolute Gasteiger partial charge is 0.224 e. The molecular formula is C28H35N3O3S. The number of aromatic nitrogens is 1. The molecule has 0 spiro atoms. The summed E-state index contributed by atoms with van der Waals surface area (Å²) in [4.78, 5) is 42.3. The highest BCUT2D eigenvalue weighted by Gasteiger charge is 2.30. The van der Waals surface area contributed by atoms with Crippen molar-refractivity contribution < 1.29 is 14.4 Å². The first kappa shape index (κ1) is 26.7. The number of allylic oxidation sites excluding steroid dienone is 1. The molecule has 1 aliphatic rings. The van der Waals surface area contributed by atoms with Gasteiger partial charge >= 0.3 is 0 Å². The molecule has 1 heterocycles. The molecular weight excluding hydrogens is 458 g/mol. The summed E-state index contributed by atoms with van der Waals surface area (Å²) < 4.78 is 1.09. The van der Waals surface area contributed by atoms with Crippen LogP contribution >= 0.6 is 11.3 Å². The molecule has 0 saturated heterocycles. The van der Waals surface area contributed by atoms with Crippen molar-refractivity contribution in [3.8, 4) is 6.07 Å². The second-order valence-electron chi connectivity index (χ2n) is 10.0. The number of fused-ring (bicyclic) bond motifs is 1. The van der Waals surface area contributed by atoms with Crippen LogP contribution in [0.5, 0.6) is 0 Å². The van der Waals surface area contributed by atoms with E-state index in [1.165, 1.54) is 12.5 Å². The van der Waals surface area contributed by atoms with Gasteiger partial charge in [0.2, 0.25) is 5.91 Å². The summed E-state index contributed by atoms with van der Waals surface area (Å²) in [6, 6.07) is 7.92. The average Bonchev–Trinajstić information content (AvgIpc) is 3.49. The topological polar surface area (TPSA) is 99.9 Å². The number of benzene rings is 1. The fourth-order valence-electron chi connectivity index (χ4n) is 4.84. The molecule has 1 aromatic carbocycles. The van der Waals surface area contributed by atoms with E-state index >= 15 is 0 Å². The Labute approximate surface area is 211 Å². The van der Waals surface area contributed by atoms with E-state index in [1.807, 2.05) is 12.1 Å². The van der Waals surface area contributed by atoms with Crippen LogP contribution in [0, 0.1) is 23.2 Å². The predicted octanol–water partition coefficient (Wildman–Crippen LogP) is 5.66. The molecule has 0 radical (unpaired) electrons. The van der Waals surface area contributed by atoms with Gasteiger partial charge in [0.15, 0.2) is 5.78 Å². The van der Waals surface area contributed by atoms with Crippen LogP contribution in [0.25, 0.3) is 10.2 Å². The number of rotatable bonds is 12. The van der Waals surface area contributed by atoms with E-state index in [0.29, 0.717) is 24.7 Å². The summed E-state index contributed by atoms with van der Waals surface area (Å²) >= 11 is 1.58. The Morgan fingerprint density at radius 2 is 1.97 bits per heavy atom. The molecule has 3 rings (SSSR count). The maximum atomic E-state index is 13.4. The lowest BCUT2D eigenvalue weighted by atomic mass is 9.90. The van der Waals surface area contributed by atoms with Crippen molar-refractivity contribution in [2.75, 3.05) is 0 Å². The van der Waals surface area contributed by atoms with Crippen LogP contribution in [0.2, 0.25) is 0 Å². The Kier molecular flexibility index (Phi) is 9.33. The molecule has 1 saturated carbocycles. The normalized spacial score (nSPS) is 15.6. The summed E-state index contributed by atoms with van der Waals surface area (Å²) in [5.41, 5.74) is 2.11. The summed E-state index contributed by atoms with van der Waals surface area (Å²) in [5, 5.41) is 13.0. The van der Waals surface area contributed by atoms with E-state index in [9.17, 15) is 14.4 Å². The van der Waals surface area contributed by atoms with Crippen molar-refractivity contribution in [3.05, 3.63) is 40.9 Å². The standard InChI is InChI=1S/C28H35N3O3S/c1-17(2)21-9-10-24-26(14-21)35-27(30-24)15-22(13-19(4)32)28(34)31-23(20-7-5-6-8-20)11-12-25(33)18(3)16-29/h9-10,14,17,20,22-23H,3,5-8,11-13,15H2,1-2,4H3,(H,31,34)/t22-,23+/m0/s1.